The maximum Gasteiger partial charge on any atom is 0.261 e. The number of hydrogen-bond donors (Lipinski definition) is 1. The molecule has 8 heteroatoms. The van der Waals surface area contributed by atoms with Crippen molar-refractivity contribution in [3.63, 3.8) is 0 Å². The Morgan fingerprint density at radius 1 is 1.03 bits per heavy atom. The zero-order chi connectivity index (χ0) is 21.4. The number of likely N-dealkylation sites (N-methyl/N-ethyl adjacent to an activating group) is 1. The summed E-state index contributed by atoms with van der Waals surface area (Å²) in [6.45, 7) is 1.67. The molecule has 29 heavy (non-hydrogen) atoms. The Balaban J connectivity index is 2.16. The Hall–Kier alpha value is -2.93. The molecule has 0 aliphatic carbocycles. The molecule has 0 bridgehead atoms. The Morgan fingerprint density at radius 2 is 1.59 bits per heavy atom. The number of carbonyl (C=O) groups excluding carboxylic acids is 2. The van der Waals surface area contributed by atoms with E-state index in [0.717, 1.165) is 5.56 Å². The minimum Gasteiger partial charge on any atom is -0.496 e. The number of carbonyl (C=O) groups is 2. The van der Waals surface area contributed by atoms with Crippen molar-refractivity contribution in [2.75, 3.05) is 27.9 Å². The molecule has 2 amide bonds. The normalized spacial score (nSPS) is 11.3. The van der Waals surface area contributed by atoms with E-state index in [1.807, 2.05) is 12.1 Å². The van der Waals surface area contributed by atoms with E-state index >= 15 is 0 Å². The smallest absolute Gasteiger partial charge is 0.261 e. The molecule has 0 heterocycles. The zero-order valence-corrected chi connectivity index (χ0v) is 17.7. The van der Waals surface area contributed by atoms with E-state index in [1.54, 1.807) is 37.3 Å². The van der Waals surface area contributed by atoms with Gasteiger partial charge in [0.15, 0.2) is 6.61 Å². The second-order valence-corrected chi connectivity index (χ2v) is 6.71. The van der Waals surface area contributed by atoms with Gasteiger partial charge in [0.05, 0.1) is 14.2 Å². The summed E-state index contributed by atoms with van der Waals surface area (Å²) in [7, 11) is 4.59. The van der Waals surface area contributed by atoms with Crippen molar-refractivity contribution in [3.8, 4) is 17.2 Å². The topological polar surface area (TPSA) is 77.1 Å². The van der Waals surface area contributed by atoms with E-state index in [4.69, 9.17) is 25.8 Å². The molecule has 1 atom stereocenters. The summed E-state index contributed by atoms with van der Waals surface area (Å²) in [6.07, 6.45) is 0. The van der Waals surface area contributed by atoms with Crippen LogP contribution in [0.25, 0.3) is 0 Å². The summed E-state index contributed by atoms with van der Waals surface area (Å²) in [6, 6.07) is 11.4. The highest BCUT2D eigenvalue weighted by Gasteiger charge is 2.26. The molecule has 0 fully saturated rings. The summed E-state index contributed by atoms with van der Waals surface area (Å²) < 4.78 is 16.1. The van der Waals surface area contributed by atoms with Gasteiger partial charge in [-0.25, -0.2) is 0 Å². The predicted molar refractivity (Wildman–Crippen MR) is 111 cm³/mol. The van der Waals surface area contributed by atoms with E-state index in [9.17, 15) is 9.59 Å². The van der Waals surface area contributed by atoms with Gasteiger partial charge in [-0.1, -0.05) is 23.7 Å². The molecule has 156 valence electrons. The fourth-order valence-electron chi connectivity index (χ4n) is 2.67. The first-order valence-corrected chi connectivity index (χ1v) is 9.37. The van der Waals surface area contributed by atoms with Crippen molar-refractivity contribution in [3.05, 3.63) is 53.1 Å². The number of halogens is 1. The van der Waals surface area contributed by atoms with Gasteiger partial charge in [0.25, 0.3) is 5.91 Å². The van der Waals surface area contributed by atoms with E-state index in [1.165, 1.54) is 26.2 Å². The van der Waals surface area contributed by atoms with Gasteiger partial charge in [-0.15, -0.1) is 0 Å². The highest BCUT2D eigenvalue weighted by molar-refractivity contribution is 6.30. The monoisotopic (exact) mass is 420 g/mol. The summed E-state index contributed by atoms with van der Waals surface area (Å²) in [5.74, 6) is 0.911. The molecular formula is C21H25ClN2O5. The molecule has 7 nitrogen and oxygen atoms in total. The number of nitrogens with zero attached hydrogens (tertiary/aromatic N) is 1. The van der Waals surface area contributed by atoms with Gasteiger partial charge in [-0.05, 0) is 24.6 Å². The minimum absolute atomic E-state index is 0.245. The molecule has 0 saturated heterocycles. The lowest BCUT2D eigenvalue weighted by Gasteiger charge is -2.28. The van der Waals surface area contributed by atoms with Gasteiger partial charge in [0.1, 0.15) is 23.3 Å². The Kier molecular flexibility index (Phi) is 8.15. The van der Waals surface area contributed by atoms with Crippen molar-refractivity contribution in [2.45, 2.75) is 19.5 Å². The van der Waals surface area contributed by atoms with Crippen LogP contribution in [0.5, 0.6) is 17.2 Å². The van der Waals surface area contributed by atoms with Crippen molar-refractivity contribution < 1.29 is 23.8 Å². The van der Waals surface area contributed by atoms with Crippen LogP contribution in [-0.2, 0) is 16.1 Å². The summed E-state index contributed by atoms with van der Waals surface area (Å²) in [5, 5.41) is 3.17. The Bertz CT molecular complexity index is 819. The molecule has 2 aromatic carbocycles. The lowest BCUT2D eigenvalue weighted by molar-refractivity contribution is -0.142. The SMILES string of the molecule is CNC(=O)[C@@H](C)N(Cc1ccc(Cl)cc1)C(=O)COc1cc(OC)cc(OC)c1. The third-order valence-corrected chi connectivity index (χ3v) is 4.62. The molecule has 0 aliphatic heterocycles. The van der Waals surface area contributed by atoms with E-state index in [2.05, 4.69) is 5.32 Å². The van der Waals surface area contributed by atoms with Crippen molar-refractivity contribution in [2.24, 2.45) is 0 Å². The molecule has 0 spiro atoms. The van der Waals surface area contributed by atoms with Gasteiger partial charge >= 0.3 is 0 Å². The van der Waals surface area contributed by atoms with Crippen LogP contribution in [0.2, 0.25) is 5.02 Å². The first kappa shape index (κ1) is 22.4. The van der Waals surface area contributed by atoms with Crippen LogP contribution >= 0.6 is 11.6 Å². The number of benzene rings is 2. The number of ether oxygens (including phenoxy) is 3. The Morgan fingerprint density at radius 3 is 2.10 bits per heavy atom. The highest BCUT2D eigenvalue weighted by Crippen LogP contribution is 2.27. The average molecular weight is 421 g/mol. The second-order valence-electron chi connectivity index (χ2n) is 6.28. The fraction of sp³-hybridized carbons (Fsp3) is 0.333. The third-order valence-electron chi connectivity index (χ3n) is 4.37. The van der Waals surface area contributed by atoms with Crippen LogP contribution in [0.4, 0.5) is 0 Å². The van der Waals surface area contributed by atoms with Crippen LogP contribution < -0.4 is 19.5 Å². The summed E-state index contributed by atoms with van der Waals surface area (Å²) >= 11 is 5.93. The standard InChI is InChI=1S/C21H25ClN2O5/c1-14(21(26)23-2)24(12-15-5-7-16(22)8-6-15)20(25)13-29-19-10-17(27-3)9-18(11-19)28-4/h5-11,14H,12-13H2,1-4H3,(H,23,26)/t14-/m1/s1. The molecule has 2 aromatic rings. The summed E-state index contributed by atoms with van der Waals surface area (Å²) in [5.41, 5.74) is 0.849. The third kappa shape index (κ3) is 6.29. The van der Waals surface area contributed by atoms with E-state index in [0.29, 0.717) is 22.3 Å². The zero-order valence-electron chi connectivity index (χ0n) is 16.9. The first-order chi connectivity index (χ1) is 13.9. The summed E-state index contributed by atoms with van der Waals surface area (Å²) in [4.78, 5) is 26.5. The first-order valence-electron chi connectivity index (χ1n) is 8.99. The number of methoxy groups -OCH3 is 2. The molecule has 0 aliphatic rings. The van der Waals surface area contributed by atoms with Crippen LogP contribution in [-0.4, -0.2) is 50.6 Å². The minimum atomic E-state index is -0.674. The quantitative estimate of drug-likeness (QED) is 0.675. The molecule has 2 rings (SSSR count). The van der Waals surface area contributed by atoms with Gasteiger partial charge in [-0.2, -0.15) is 0 Å². The van der Waals surface area contributed by atoms with Gasteiger partial charge in [0, 0.05) is 36.8 Å². The fourth-order valence-corrected chi connectivity index (χ4v) is 2.80. The van der Waals surface area contributed by atoms with Gasteiger partial charge < -0.3 is 24.4 Å². The lowest BCUT2D eigenvalue weighted by Crippen LogP contribution is -2.48. The maximum atomic E-state index is 12.9. The molecule has 0 unspecified atom stereocenters. The van der Waals surface area contributed by atoms with Gasteiger partial charge in [-0.3, -0.25) is 9.59 Å². The molecule has 0 saturated carbocycles. The highest BCUT2D eigenvalue weighted by atomic mass is 35.5. The molecule has 0 aromatic heterocycles. The van der Waals surface area contributed by atoms with Crippen molar-refractivity contribution in [1.29, 1.82) is 0 Å². The van der Waals surface area contributed by atoms with E-state index in [-0.39, 0.29) is 25.0 Å². The van der Waals surface area contributed by atoms with Gasteiger partial charge in [0.2, 0.25) is 5.91 Å². The van der Waals surface area contributed by atoms with Crippen molar-refractivity contribution >= 4 is 23.4 Å². The maximum absolute atomic E-state index is 12.9. The van der Waals surface area contributed by atoms with Crippen LogP contribution in [0, 0.1) is 0 Å². The van der Waals surface area contributed by atoms with E-state index < -0.39 is 6.04 Å². The predicted octanol–water partition coefficient (Wildman–Crippen LogP) is 2.90. The second kappa shape index (κ2) is 10.6. The van der Waals surface area contributed by atoms with Crippen LogP contribution in [0.15, 0.2) is 42.5 Å². The number of nitrogens with one attached hydrogen (secondary N) is 1. The van der Waals surface area contributed by atoms with Crippen molar-refractivity contribution in [1.82, 2.24) is 10.2 Å². The number of hydrogen-bond acceptors (Lipinski definition) is 5. The Labute approximate surface area is 175 Å². The lowest BCUT2D eigenvalue weighted by atomic mass is 10.1. The molecule has 1 N–H and O–H groups in total. The molecular weight excluding hydrogens is 396 g/mol. The average Bonchev–Trinajstić information content (AvgIpc) is 2.75. The van der Waals surface area contributed by atoms with Crippen LogP contribution in [0.3, 0.4) is 0 Å². The number of amides is 2. The molecule has 0 radical (unpaired) electrons. The number of rotatable bonds is 9. The van der Waals surface area contributed by atoms with Crippen LogP contribution in [0.1, 0.15) is 12.5 Å². The largest absolute Gasteiger partial charge is 0.496 e.